The number of hydrogen-bond donors (Lipinski definition) is 0. The number of nitriles is 1. The molecule has 1 aliphatic rings. The number of rotatable bonds is 2. The maximum absolute atomic E-state index is 13.4. The van der Waals surface area contributed by atoms with Crippen LogP contribution >= 0.6 is 0 Å². The second-order valence-corrected chi connectivity index (χ2v) is 5.29. The molecule has 0 saturated carbocycles. The van der Waals surface area contributed by atoms with Gasteiger partial charge in [-0.15, -0.1) is 0 Å². The largest absolute Gasteiger partial charge is 0.272 e. The van der Waals surface area contributed by atoms with Gasteiger partial charge in [0.15, 0.2) is 0 Å². The summed E-state index contributed by atoms with van der Waals surface area (Å²) in [6.45, 7) is 0. The van der Waals surface area contributed by atoms with Gasteiger partial charge < -0.3 is 0 Å². The Bertz CT molecular complexity index is 682. The van der Waals surface area contributed by atoms with Crippen LogP contribution in [0.1, 0.15) is 36.4 Å². The fraction of sp³-hybridized carbons (Fsp3) is 0.375. The maximum atomic E-state index is 13.4. The lowest BCUT2D eigenvalue weighted by Crippen LogP contribution is -2.11. The number of aryl methyl sites for hydroxylation is 1. The predicted octanol–water partition coefficient (Wildman–Crippen LogP) is 3.56. The van der Waals surface area contributed by atoms with Crippen LogP contribution in [0.2, 0.25) is 0 Å². The van der Waals surface area contributed by atoms with Gasteiger partial charge in [0.2, 0.25) is 0 Å². The Morgan fingerprint density at radius 3 is 3.10 bits per heavy atom. The molecule has 3 nitrogen and oxygen atoms in total. The third kappa shape index (κ3) is 2.09. The number of hydrogen-bond acceptors (Lipinski definition) is 2. The molecule has 0 fully saturated rings. The van der Waals surface area contributed by atoms with E-state index in [1.54, 1.807) is 6.07 Å². The van der Waals surface area contributed by atoms with Crippen molar-refractivity contribution in [3.8, 4) is 17.3 Å². The Labute approximate surface area is 117 Å². The van der Waals surface area contributed by atoms with E-state index in [0.717, 1.165) is 36.1 Å². The van der Waals surface area contributed by atoms with Gasteiger partial charge in [0, 0.05) is 36.2 Å². The van der Waals surface area contributed by atoms with Gasteiger partial charge >= 0.3 is 0 Å². The summed E-state index contributed by atoms with van der Waals surface area (Å²) in [6.07, 6.45) is 3.58. The van der Waals surface area contributed by atoms with Crippen LogP contribution < -0.4 is 0 Å². The number of halogens is 1. The lowest BCUT2D eigenvalue weighted by molar-refractivity contribution is 0.541. The topological polar surface area (TPSA) is 41.6 Å². The molecule has 0 saturated heterocycles. The fourth-order valence-electron chi connectivity index (χ4n) is 3.12. The second kappa shape index (κ2) is 5.09. The molecule has 3 rings (SSSR count). The zero-order valence-corrected chi connectivity index (χ0v) is 11.4. The van der Waals surface area contributed by atoms with E-state index >= 15 is 0 Å². The van der Waals surface area contributed by atoms with Crippen molar-refractivity contribution in [2.45, 2.75) is 31.6 Å². The monoisotopic (exact) mass is 269 g/mol. The average Bonchev–Trinajstić information content (AvgIpc) is 2.78. The van der Waals surface area contributed by atoms with Crippen molar-refractivity contribution in [1.82, 2.24) is 9.78 Å². The molecular weight excluding hydrogens is 253 g/mol. The van der Waals surface area contributed by atoms with Crippen molar-refractivity contribution < 1.29 is 4.39 Å². The Hall–Kier alpha value is -2.15. The van der Waals surface area contributed by atoms with Gasteiger partial charge in [-0.1, -0.05) is 12.1 Å². The molecule has 0 aliphatic heterocycles. The number of aromatic nitrogens is 2. The average molecular weight is 269 g/mol. The van der Waals surface area contributed by atoms with Crippen LogP contribution in [0.15, 0.2) is 24.3 Å². The van der Waals surface area contributed by atoms with Crippen LogP contribution in [0.25, 0.3) is 11.3 Å². The van der Waals surface area contributed by atoms with Crippen molar-refractivity contribution in [3.05, 3.63) is 41.3 Å². The highest BCUT2D eigenvalue weighted by Crippen LogP contribution is 2.39. The molecule has 0 N–H and O–H groups in total. The first-order valence-corrected chi connectivity index (χ1v) is 6.89. The Morgan fingerprint density at radius 1 is 1.50 bits per heavy atom. The van der Waals surface area contributed by atoms with Crippen molar-refractivity contribution >= 4 is 0 Å². The van der Waals surface area contributed by atoms with Gasteiger partial charge in [0.1, 0.15) is 5.82 Å². The third-order valence-corrected chi connectivity index (χ3v) is 4.02. The van der Waals surface area contributed by atoms with Crippen LogP contribution in [0.3, 0.4) is 0 Å². The summed E-state index contributed by atoms with van der Waals surface area (Å²) >= 11 is 0. The summed E-state index contributed by atoms with van der Waals surface area (Å²) in [5.74, 6) is -0.0368. The van der Waals surface area contributed by atoms with Crippen LogP contribution in [0.4, 0.5) is 4.39 Å². The minimum atomic E-state index is -0.255. The van der Waals surface area contributed by atoms with E-state index in [9.17, 15) is 4.39 Å². The number of fused-ring (bicyclic) bond motifs is 1. The van der Waals surface area contributed by atoms with E-state index < -0.39 is 0 Å². The summed E-state index contributed by atoms with van der Waals surface area (Å²) < 4.78 is 15.3. The summed E-state index contributed by atoms with van der Waals surface area (Å²) in [6, 6.07) is 8.80. The van der Waals surface area contributed by atoms with E-state index in [-0.39, 0.29) is 11.7 Å². The number of nitrogens with zero attached hydrogens (tertiary/aromatic N) is 3. The summed E-state index contributed by atoms with van der Waals surface area (Å²) in [5, 5.41) is 13.6. The zero-order valence-electron chi connectivity index (χ0n) is 11.4. The molecule has 1 atom stereocenters. The molecule has 2 aromatic rings. The molecule has 1 aromatic heterocycles. The van der Waals surface area contributed by atoms with Crippen LogP contribution in [-0.4, -0.2) is 9.78 Å². The van der Waals surface area contributed by atoms with Gasteiger partial charge in [-0.2, -0.15) is 10.4 Å². The predicted molar refractivity (Wildman–Crippen MR) is 74.5 cm³/mol. The van der Waals surface area contributed by atoms with Gasteiger partial charge in [0.05, 0.1) is 11.8 Å². The molecule has 0 bridgehead atoms. The van der Waals surface area contributed by atoms with E-state index in [0.29, 0.717) is 6.42 Å². The van der Waals surface area contributed by atoms with E-state index in [1.165, 1.54) is 17.8 Å². The normalized spacial score (nSPS) is 17.6. The maximum Gasteiger partial charge on any atom is 0.123 e. The molecule has 1 unspecified atom stereocenters. The van der Waals surface area contributed by atoms with Crippen LogP contribution in [-0.2, 0) is 13.5 Å². The molecule has 1 heterocycles. The first-order valence-electron chi connectivity index (χ1n) is 6.89. The third-order valence-electron chi connectivity index (χ3n) is 4.02. The molecule has 0 spiro atoms. The highest BCUT2D eigenvalue weighted by molar-refractivity contribution is 5.65. The number of benzene rings is 1. The van der Waals surface area contributed by atoms with Crippen molar-refractivity contribution in [2.24, 2.45) is 7.05 Å². The molecule has 0 amide bonds. The Kier molecular flexibility index (Phi) is 3.27. The summed E-state index contributed by atoms with van der Waals surface area (Å²) in [4.78, 5) is 0. The molecule has 102 valence electrons. The zero-order chi connectivity index (χ0) is 14.1. The first kappa shape index (κ1) is 12.9. The minimum absolute atomic E-state index is 0.218. The lowest BCUT2D eigenvalue weighted by Gasteiger charge is -2.21. The lowest BCUT2D eigenvalue weighted by atomic mass is 9.82. The van der Waals surface area contributed by atoms with Crippen molar-refractivity contribution in [3.63, 3.8) is 0 Å². The second-order valence-electron chi connectivity index (χ2n) is 5.29. The first-order chi connectivity index (χ1) is 9.70. The van der Waals surface area contributed by atoms with Gasteiger partial charge in [-0.25, -0.2) is 4.39 Å². The smallest absolute Gasteiger partial charge is 0.123 e. The molecule has 20 heavy (non-hydrogen) atoms. The van der Waals surface area contributed by atoms with E-state index in [1.807, 2.05) is 17.8 Å². The van der Waals surface area contributed by atoms with E-state index in [4.69, 9.17) is 5.26 Å². The van der Waals surface area contributed by atoms with Crippen molar-refractivity contribution in [1.29, 1.82) is 5.26 Å². The Morgan fingerprint density at radius 2 is 2.35 bits per heavy atom. The standard InChI is InChI=1S/C16H16FN3/c1-20-14-7-3-4-11(8-9-18)15(14)16(19-20)12-5-2-6-13(17)10-12/h2,5-6,10-11H,3-4,7-8H2,1H3. The molecule has 4 heteroatoms. The van der Waals surface area contributed by atoms with Crippen LogP contribution in [0, 0.1) is 17.1 Å². The SMILES string of the molecule is Cn1nc(-c2cccc(F)c2)c2c1CCCC2CC#N. The minimum Gasteiger partial charge on any atom is -0.272 e. The summed E-state index contributed by atoms with van der Waals surface area (Å²) in [7, 11) is 1.93. The molecule has 1 aliphatic carbocycles. The molecule has 1 aromatic carbocycles. The van der Waals surface area contributed by atoms with Crippen LogP contribution in [0.5, 0.6) is 0 Å². The quantitative estimate of drug-likeness (QED) is 0.836. The fourth-order valence-corrected chi connectivity index (χ4v) is 3.12. The molecule has 0 radical (unpaired) electrons. The highest BCUT2D eigenvalue weighted by atomic mass is 19.1. The Balaban J connectivity index is 2.15. The van der Waals surface area contributed by atoms with Gasteiger partial charge in [-0.05, 0) is 31.4 Å². The van der Waals surface area contributed by atoms with Gasteiger partial charge in [-0.3, -0.25) is 4.68 Å². The van der Waals surface area contributed by atoms with Gasteiger partial charge in [0.25, 0.3) is 0 Å². The van der Waals surface area contributed by atoms with E-state index in [2.05, 4.69) is 11.2 Å². The molecular formula is C16H16FN3. The highest BCUT2D eigenvalue weighted by Gasteiger charge is 2.28. The summed E-state index contributed by atoms with van der Waals surface area (Å²) in [5.41, 5.74) is 3.97. The van der Waals surface area contributed by atoms with Crippen molar-refractivity contribution in [2.75, 3.05) is 0 Å².